The van der Waals surface area contributed by atoms with Crippen molar-refractivity contribution in [1.29, 1.82) is 0 Å². The molecule has 2 atom stereocenters. The van der Waals surface area contributed by atoms with Gasteiger partial charge in [0.25, 0.3) is 0 Å². The fourth-order valence-corrected chi connectivity index (χ4v) is 2.47. The zero-order valence-corrected chi connectivity index (χ0v) is 9.21. The molecular formula is C10H20N2O2. The molecule has 1 fully saturated rings. The van der Waals surface area contributed by atoms with E-state index in [9.17, 15) is 9.90 Å². The summed E-state index contributed by atoms with van der Waals surface area (Å²) in [7, 11) is 3.73. The van der Waals surface area contributed by atoms with E-state index < -0.39 is 11.5 Å². The number of rotatable bonds is 3. The van der Waals surface area contributed by atoms with E-state index in [0.29, 0.717) is 6.42 Å². The van der Waals surface area contributed by atoms with Crippen molar-refractivity contribution in [1.82, 2.24) is 10.2 Å². The topological polar surface area (TPSA) is 52.6 Å². The lowest BCUT2D eigenvalue weighted by molar-refractivity contribution is -0.156. The molecule has 0 aromatic carbocycles. The normalized spacial score (nSPS) is 33.3. The first-order valence-electron chi connectivity index (χ1n) is 5.17. The highest BCUT2D eigenvalue weighted by Gasteiger charge is 2.48. The van der Waals surface area contributed by atoms with Crippen LogP contribution in [0.5, 0.6) is 0 Å². The third kappa shape index (κ3) is 1.64. The van der Waals surface area contributed by atoms with Gasteiger partial charge in [0.05, 0.1) is 0 Å². The van der Waals surface area contributed by atoms with Crippen LogP contribution in [-0.4, -0.2) is 48.7 Å². The number of likely N-dealkylation sites (N-methyl/N-ethyl adjacent to an activating group) is 1. The van der Waals surface area contributed by atoms with Gasteiger partial charge in [0.1, 0.15) is 5.54 Å². The number of aliphatic carboxylic acids is 1. The fourth-order valence-electron chi connectivity index (χ4n) is 2.47. The van der Waals surface area contributed by atoms with Gasteiger partial charge in [-0.05, 0) is 33.5 Å². The number of carboxylic acids is 1. The molecule has 4 nitrogen and oxygen atoms in total. The quantitative estimate of drug-likeness (QED) is 0.692. The van der Waals surface area contributed by atoms with E-state index in [1.54, 1.807) is 0 Å². The van der Waals surface area contributed by atoms with Crippen molar-refractivity contribution in [2.75, 3.05) is 27.2 Å². The van der Waals surface area contributed by atoms with Crippen molar-refractivity contribution in [2.24, 2.45) is 5.92 Å². The van der Waals surface area contributed by atoms with E-state index in [4.69, 9.17) is 0 Å². The maximum Gasteiger partial charge on any atom is 0.324 e. The minimum absolute atomic E-state index is 0.198. The number of carbonyl (C=O) groups is 1. The molecule has 0 saturated carbocycles. The molecule has 1 aliphatic heterocycles. The van der Waals surface area contributed by atoms with Crippen LogP contribution >= 0.6 is 0 Å². The third-order valence-electron chi connectivity index (χ3n) is 3.41. The van der Waals surface area contributed by atoms with Crippen LogP contribution in [0.4, 0.5) is 0 Å². The molecule has 0 spiro atoms. The highest BCUT2D eigenvalue weighted by Crippen LogP contribution is 2.31. The average molecular weight is 200 g/mol. The maximum absolute atomic E-state index is 11.4. The first-order chi connectivity index (χ1) is 6.55. The monoisotopic (exact) mass is 200 g/mol. The number of hydrogen-bond acceptors (Lipinski definition) is 3. The second-order valence-electron chi connectivity index (χ2n) is 4.18. The molecule has 82 valence electrons. The summed E-state index contributed by atoms with van der Waals surface area (Å²) in [6.45, 7) is 3.65. The molecule has 0 aliphatic carbocycles. The SMILES string of the molecule is CCC1CNCCC1(C(=O)O)N(C)C. The van der Waals surface area contributed by atoms with Crippen molar-refractivity contribution in [3.63, 3.8) is 0 Å². The Labute approximate surface area is 85.3 Å². The van der Waals surface area contributed by atoms with Crippen molar-refractivity contribution in [3.8, 4) is 0 Å². The fraction of sp³-hybridized carbons (Fsp3) is 0.900. The van der Waals surface area contributed by atoms with Crippen molar-refractivity contribution >= 4 is 5.97 Å². The Bertz CT molecular complexity index is 218. The smallest absolute Gasteiger partial charge is 0.324 e. The van der Waals surface area contributed by atoms with Gasteiger partial charge in [-0.1, -0.05) is 6.92 Å². The summed E-state index contributed by atoms with van der Waals surface area (Å²) in [4.78, 5) is 13.3. The van der Waals surface area contributed by atoms with E-state index in [1.807, 2.05) is 19.0 Å². The summed E-state index contributed by atoms with van der Waals surface area (Å²) < 4.78 is 0. The van der Waals surface area contributed by atoms with Crippen LogP contribution in [0, 0.1) is 5.92 Å². The lowest BCUT2D eigenvalue weighted by atomic mass is 9.76. The van der Waals surface area contributed by atoms with Crippen molar-refractivity contribution < 1.29 is 9.90 Å². The van der Waals surface area contributed by atoms with Gasteiger partial charge in [-0.2, -0.15) is 0 Å². The molecule has 1 heterocycles. The van der Waals surface area contributed by atoms with Crippen molar-refractivity contribution in [3.05, 3.63) is 0 Å². The number of piperidine rings is 1. The van der Waals surface area contributed by atoms with Gasteiger partial charge in [-0.3, -0.25) is 9.69 Å². The van der Waals surface area contributed by atoms with Crippen LogP contribution in [0.15, 0.2) is 0 Å². The third-order valence-corrected chi connectivity index (χ3v) is 3.41. The van der Waals surface area contributed by atoms with Gasteiger partial charge in [0.2, 0.25) is 0 Å². The van der Waals surface area contributed by atoms with Crippen LogP contribution in [-0.2, 0) is 4.79 Å². The molecule has 1 aliphatic rings. The summed E-state index contributed by atoms with van der Waals surface area (Å²) in [5, 5.41) is 12.7. The first kappa shape index (κ1) is 11.5. The average Bonchev–Trinajstić information content (AvgIpc) is 2.16. The van der Waals surface area contributed by atoms with Gasteiger partial charge in [0, 0.05) is 12.5 Å². The number of nitrogens with one attached hydrogen (secondary N) is 1. The molecule has 0 aromatic rings. The summed E-state index contributed by atoms with van der Waals surface area (Å²) >= 11 is 0. The molecule has 1 rings (SSSR count). The van der Waals surface area contributed by atoms with Gasteiger partial charge < -0.3 is 10.4 Å². The predicted molar refractivity (Wildman–Crippen MR) is 55.3 cm³/mol. The van der Waals surface area contributed by atoms with Crippen molar-refractivity contribution in [2.45, 2.75) is 25.3 Å². The summed E-state index contributed by atoms with van der Waals surface area (Å²) in [6, 6.07) is 0. The largest absolute Gasteiger partial charge is 0.480 e. The molecule has 2 unspecified atom stereocenters. The predicted octanol–water partition coefficient (Wildman–Crippen LogP) is 0.391. The van der Waals surface area contributed by atoms with E-state index >= 15 is 0 Å². The van der Waals surface area contributed by atoms with Crippen LogP contribution in [0.1, 0.15) is 19.8 Å². The zero-order valence-electron chi connectivity index (χ0n) is 9.21. The molecule has 0 amide bonds. The van der Waals surface area contributed by atoms with E-state index in [2.05, 4.69) is 12.2 Å². The van der Waals surface area contributed by atoms with Gasteiger partial charge in [-0.25, -0.2) is 0 Å². The Kier molecular flexibility index (Phi) is 3.50. The maximum atomic E-state index is 11.4. The van der Waals surface area contributed by atoms with Crippen LogP contribution < -0.4 is 5.32 Å². The minimum atomic E-state index is -0.684. The molecule has 0 bridgehead atoms. The lowest BCUT2D eigenvalue weighted by Crippen LogP contribution is -2.62. The molecule has 0 aromatic heterocycles. The Morgan fingerprint density at radius 3 is 2.64 bits per heavy atom. The van der Waals surface area contributed by atoms with Gasteiger partial charge >= 0.3 is 5.97 Å². The molecule has 1 saturated heterocycles. The van der Waals surface area contributed by atoms with E-state index in [-0.39, 0.29) is 5.92 Å². The summed E-state index contributed by atoms with van der Waals surface area (Å²) in [6.07, 6.45) is 1.59. The first-order valence-corrected chi connectivity index (χ1v) is 5.17. The molecule has 2 N–H and O–H groups in total. The minimum Gasteiger partial charge on any atom is -0.480 e. The lowest BCUT2D eigenvalue weighted by Gasteiger charge is -2.45. The molecular weight excluding hydrogens is 180 g/mol. The highest BCUT2D eigenvalue weighted by atomic mass is 16.4. The summed E-state index contributed by atoms with van der Waals surface area (Å²) in [5.41, 5.74) is -0.667. The zero-order chi connectivity index (χ0) is 10.8. The Hall–Kier alpha value is -0.610. The Balaban J connectivity index is 2.97. The standard InChI is InChI=1S/C10H20N2O2/c1-4-8-7-11-6-5-10(8,9(13)14)12(2)3/h8,11H,4-7H2,1-3H3,(H,13,14). The number of carboxylic acid groups (broad SMARTS) is 1. The summed E-state index contributed by atoms with van der Waals surface area (Å²) in [5.74, 6) is -0.486. The van der Waals surface area contributed by atoms with Crippen LogP contribution in [0.25, 0.3) is 0 Å². The van der Waals surface area contributed by atoms with E-state index in [0.717, 1.165) is 19.5 Å². The van der Waals surface area contributed by atoms with Crippen LogP contribution in [0.2, 0.25) is 0 Å². The van der Waals surface area contributed by atoms with Crippen LogP contribution in [0.3, 0.4) is 0 Å². The Morgan fingerprint density at radius 2 is 2.29 bits per heavy atom. The van der Waals surface area contributed by atoms with Gasteiger partial charge in [0.15, 0.2) is 0 Å². The number of nitrogens with zero attached hydrogens (tertiary/aromatic N) is 1. The second-order valence-corrected chi connectivity index (χ2v) is 4.18. The molecule has 0 radical (unpaired) electrons. The van der Waals surface area contributed by atoms with E-state index in [1.165, 1.54) is 0 Å². The second kappa shape index (κ2) is 4.28. The Morgan fingerprint density at radius 1 is 1.64 bits per heavy atom. The van der Waals surface area contributed by atoms with Gasteiger partial charge in [-0.15, -0.1) is 0 Å². The number of hydrogen-bond donors (Lipinski definition) is 2. The highest BCUT2D eigenvalue weighted by molar-refractivity contribution is 5.79. The molecule has 14 heavy (non-hydrogen) atoms. The molecule has 4 heteroatoms.